The lowest BCUT2D eigenvalue weighted by molar-refractivity contribution is -0.137. The summed E-state index contributed by atoms with van der Waals surface area (Å²) in [5.74, 6) is 0.838. The Morgan fingerprint density at radius 2 is 2.32 bits per heavy atom. The second-order valence-corrected chi connectivity index (χ2v) is 4.87. The summed E-state index contributed by atoms with van der Waals surface area (Å²) in [5, 5.41) is 6.95. The topological polar surface area (TPSA) is 67.6 Å². The zero-order valence-electron chi connectivity index (χ0n) is 11.7. The Bertz CT molecular complexity index is 423. The molecule has 2 heterocycles. The maximum absolute atomic E-state index is 12.3. The Kier molecular flexibility index (Phi) is 4.55. The molecule has 0 saturated carbocycles. The fraction of sp³-hybridized carbons (Fsp3) is 0.692. The normalized spacial score (nSPS) is 19.7. The molecule has 1 saturated heterocycles. The highest BCUT2D eigenvalue weighted by molar-refractivity contribution is 5.79. The van der Waals surface area contributed by atoms with Gasteiger partial charge in [-0.1, -0.05) is 5.16 Å². The summed E-state index contributed by atoms with van der Waals surface area (Å²) >= 11 is 0. The molecule has 1 atom stereocenters. The van der Waals surface area contributed by atoms with Gasteiger partial charge in [0.05, 0.1) is 24.8 Å². The van der Waals surface area contributed by atoms with Gasteiger partial charge in [0.15, 0.2) is 0 Å². The number of nitrogens with one attached hydrogen (secondary N) is 1. The van der Waals surface area contributed by atoms with E-state index < -0.39 is 0 Å². The number of ether oxygens (including phenoxy) is 1. The van der Waals surface area contributed by atoms with Crippen LogP contribution in [0.2, 0.25) is 0 Å². The first-order valence-electron chi connectivity index (χ1n) is 6.57. The summed E-state index contributed by atoms with van der Waals surface area (Å²) in [6.07, 6.45) is 0.431. The minimum absolute atomic E-state index is 0.0763. The highest BCUT2D eigenvalue weighted by atomic mass is 16.5. The van der Waals surface area contributed by atoms with Crippen LogP contribution in [0.4, 0.5) is 0 Å². The van der Waals surface area contributed by atoms with Crippen LogP contribution in [0.1, 0.15) is 17.0 Å². The third-order valence-electron chi connectivity index (χ3n) is 3.43. The number of amides is 1. The summed E-state index contributed by atoms with van der Waals surface area (Å²) in [4.78, 5) is 14.2. The number of hydrogen-bond donors (Lipinski definition) is 1. The van der Waals surface area contributed by atoms with E-state index in [2.05, 4.69) is 10.5 Å². The zero-order valence-corrected chi connectivity index (χ0v) is 11.7. The van der Waals surface area contributed by atoms with Crippen LogP contribution < -0.4 is 5.32 Å². The van der Waals surface area contributed by atoms with Gasteiger partial charge in [-0.3, -0.25) is 4.79 Å². The molecule has 1 aromatic rings. The molecule has 6 nitrogen and oxygen atoms in total. The molecule has 0 bridgehead atoms. The summed E-state index contributed by atoms with van der Waals surface area (Å²) in [6.45, 7) is 6.36. The number of carbonyl (C=O) groups is 1. The molecule has 0 spiro atoms. The van der Waals surface area contributed by atoms with Gasteiger partial charge in [0.2, 0.25) is 5.91 Å². The number of likely N-dealkylation sites (N-methyl/N-ethyl adjacent to an activating group) is 1. The van der Waals surface area contributed by atoms with Crippen LogP contribution >= 0.6 is 0 Å². The average molecular weight is 267 g/mol. The van der Waals surface area contributed by atoms with Gasteiger partial charge in [-0.15, -0.1) is 0 Å². The summed E-state index contributed by atoms with van der Waals surface area (Å²) in [6, 6.07) is 0. The van der Waals surface area contributed by atoms with Gasteiger partial charge in [0.25, 0.3) is 0 Å². The molecule has 0 aromatic carbocycles. The molecular weight excluding hydrogens is 246 g/mol. The lowest BCUT2D eigenvalue weighted by Crippen LogP contribution is -2.49. The van der Waals surface area contributed by atoms with Crippen LogP contribution in [0.25, 0.3) is 0 Å². The summed E-state index contributed by atoms with van der Waals surface area (Å²) in [7, 11) is 1.88. The number of nitrogens with zero attached hydrogens (tertiary/aromatic N) is 2. The molecule has 1 aromatic heterocycles. The van der Waals surface area contributed by atoms with E-state index in [1.807, 2.05) is 25.8 Å². The molecule has 1 N–H and O–H groups in total. The smallest absolute Gasteiger partial charge is 0.227 e. The van der Waals surface area contributed by atoms with Crippen molar-refractivity contribution in [1.29, 1.82) is 0 Å². The maximum Gasteiger partial charge on any atom is 0.227 e. The van der Waals surface area contributed by atoms with E-state index in [4.69, 9.17) is 9.26 Å². The average Bonchev–Trinajstić information content (AvgIpc) is 2.71. The molecule has 1 amide bonds. The number of aryl methyl sites for hydroxylation is 2. The fourth-order valence-corrected chi connectivity index (χ4v) is 2.31. The molecule has 2 rings (SSSR count). The molecule has 1 fully saturated rings. The van der Waals surface area contributed by atoms with Crippen LogP contribution in [-0.4, -0.2) is 55.4 Å². The Morgan fingerprint density at radius 3 is 2.95 bits per heavy atom. The monoisotopic (exact) mass is 267 g/mol. The van der Waals surface area contributed by atoms with Gasteiger partial charge < -0.3 is 19.5 Å². The van der Waals surface area contributed by atoms with Crippen LogP contribution in [0.15, 0.2) is 4.52 Å². The van der Waals surface area contributed by atoms with Crippen LogP contribution in [0.5, 0.6) is 0 Å². The second kappa shape index (κ2) is 6.16. The Labute approximate surface area is 113 Å². The van der Waals surface area contributed by atoms with Gasteiger partial charge in [-0.25, -0.2) is 0 Å². The zero-order chi connectivity index (χ0) is 13.8. The van der Waals surface area contributed by atoms with Gasteiger partial charge >= 0.3 is 0 Å². The quantitative estimate of drug-likeness (QED) is 0.848. The van der Waals surface area contributed by atoms with Crippen molar-refractivity contribution >= 4 is 5.91 Å². The number of carbonyl (C=O) groups excluding carboxylic acids is 1. The molecule has 1 aliphatic rings. The van der Waals surface area contributed by atoms with Crippen molar-refractivity contribution < 1.29 is 14.1 Å². The fourth-order valence-electron chi connectivity index (χ4n) is 2.31. The van der Waals surface area contributed by atoms with E-state index >= 15 is 0 Å². The van der Waals surface area contributed by atoms with Crippen LogP contribution in [-0.2, 0) is 16.0 Å². The first kappa shape index (κ1) is 14.0. The Hall–Kier alpha value is -1.40. The Morgan fingerprint density at radius 1 is 1.53 bits per heavy atom. The van der Waals surface area contributed by atoms with Gasteiger partial charge in [0, 0.05) is 25.2 Å². The van der Waals surface area contributed by atoms with Crippen molar-refractivity contribution in [1.82, 2.24) is 15.4 Å². The highest BCUT2D eigenvalue weighted by Crippen LogP contribution is 2.15. The minimum atomic E-state index is 0.0763. The van der Waals surface area contributed by atoms with E-state index in [1.54, 1.807) is 0 Å². The first-order valence-corrected chi connectivity index (χ1v) is 6.57. The SMILES string of the molecule is CNCC1CN(C(=O)Cc2c(C)noc2C)CCO1. The maximum atomic E-state index is 12.3. The molecule has 1 aliphatic heterocycles. The van der Waals surface area contributed by atoms with Crippen molar-refractivity contribution in [3.8, 4) is 0 Å². The minimum Gasteiger partial charge on any atom is -0.373 e. The highest BCUT2D eigenvalue weighted by Gasteiger charge is 2.25. The van der Waals surface area contributed by atoms with Crippen molar-refractivity contribution in [2.75, 3.05) is 33.3 Å². The molecule has 0 radical (unpaired) electrons. The van der Waals surface area contributed by atoms with Crippen LogP contribution in [0, 0.1) is 13.8 Å². The standard InChI is InChI=1S/C13H21N3O3/c1-9-12(10(2)19-15-9)6-13(17)16-4-5-18-11(8-16)7-14-3/h11,14H,4-8H2,1-3H3. The number of rotatable bonds is 4. The number of aromatic nitrogens is 1. The number of hydrogen-bond acceptors (Lipinski definition) is 5. The van der Waals surface area contributed by atoms with E-state index in [1.165, 1.54) is 0 Å². The molecule has 106 valence electrons. The van der Waals surface area contributed by atoms with Crippen LogP contribution in [0.3, 0.4) is 0 Å². The van der Waals surface area contributed by atoms with E-state index in [0.29, 0.717) is 26.1 Å². The molecule has 19 heavy (non-hydrogen) atoms. The number of morpholine rings is 1. The predicted octanol–water partition coefficient (Wildman–Crippen LogP) is 0.281. The molecule has 6 heteroatoms. The molecule has 0 aliphatic carbocycles. The van der Waals surface area contributed by atoms with Gasteiger partial charge in [-0.05, 0) is 20.9 Å². The summed E-state index contributed by atoms with van der Waals surface area (Å²) < 4.78 is 10.7. The van der Waals surface area contributed by atoms with E-state index in [9.17, 15) is 4.79 Å². The molecule has 1 unspecified atom stereocenters. The van der Waals surface area contributed by atoms with Gasteiger partial charge in [-0.2, -0.15) is 0 Å². The van der Waals surface area contributed by atoms with Crippen molar-refractivity contribution in [2.45, 2.75) is 26.4 Å². The predicted molar refractivity (Wildman–Crippen MR) is 69.9 cm³/mol. The van der Waals surface area contributed by atoms with Crippen molar-refractivity contribution in [3.63, 3.8) is 0 Å². The van der Waals surface area contributed by atoms with Crippen molar-refractivity contribution in [2.24, 2.45) is 0 Å². The third kappa shape index (κ3) is 3.33. The van der Waals surface area contributed by atoms with Gasteiger partial charge in [0.1, 0.15) is 5.76 Å². The largest absolute Gasteiger partial charge is 0.373 e. The lowest BCUT2D eigenvalue weighted by Gasteiger charge is -2.33. The van der Waals surface area contributed by atoms with E-state index in [0.717, 1.165) is 23.6 Å². The third-order valence-corrected chi connectivity index (χ3v) is 3.43. The lowest BCUT2D eigenvalue weighted by atomic mass is 10.1. The second-order valence-electron chi connectivity index (χ2n) is 4.87. The summed E-state index contributed by atoms with van der Waals surface area (Å²) in [5.41, 5.74) is 1.70. The Balaban J connectivity index is 1.96. The van der Waals surface area contributed by atoms with E-state index in [-0.39, 0.29) is 12.0 Å². The first-order chi connectivity index (χ1) is 9.11. The van der Waals surface area contributed by atoms with Crippen molar-refractivity contribution in [3.05, 3.63) is 17.0 Å². The molecular formula is C13H21N3O3.